The van der Waals surface area contributed by atoms with Crippen LogP contribution in [0, 0.1) is 17.3 Å². The Morgan fingerprint density at radius 2 is 1.38 bits per heavy atom. The molecule has 0 aromatic heterocycles. The highest BCUT2D eigenvalue weighted by Gasteiger charge is 2.47. The summed E-state index contributed by atoms with van der Waals surface area (Å²) in [4.78, 5) is 47.7. The fourth-order valence-corrected chi connectivity index (χ4v) is 14.7. The molecule has 0 bridgehead atoms. The van der Waals surface area contributed by atoms with Crippen LogP contribution >= 0.6 is 11.8 Å². The number of benzene rings is 2. The quantitative estimate of drug-likeness (QED) is 0.0347. The van der Waals surface area contributed by atoms with Crippen LogP contribution in [0.4, 0.5) is 4.79 Å². The van der Waals surface area contributed by atoms with Crippen LogP contribution in [0.2, 0.25) is 0 Å². The number of carbonyl (C=O) groups is 4. The van der Waals surface area contributed by atoms with E-state index in [0.29, 0.717) is 86.9 Å². The van der Waals surface area contributed by atoms with Gasteiger partial charge >= 0.3 is 12.0 Å². The van der Waals surface area contributed by atoms with Crippen LogP contribution in [-0.4, -0.2) is 104 Å². The van der Waals surface area contributed by atoms with Crippen LogP contribution in [0.5, 0.6) is 17.2 Å². The number of carboxylic acid groups (broad SMARTS) is 1. The number of ketones is 1. The first-order valence-electron chi connectivity index (χ1n) is 29.9. The number of carboxylic acids is 1. The summed E-state index contributed by atoms with van der Waals surface area (Å²) < 4.78 is 29.9. The Morgan fingerprint density at radius 1 is 0.744 bits per heavy atom. The van der Waals surface area contributed by atoms with Gasteiger partial charge in [0.25, 0.3) is 0 Å². The van der Waals surface area contributed by atoms with E-state index in [1.54, 1.807) is 0 Å². The SMILES string of the molecule is CCCCCc1cc(OCC(=O)O)c2c(c1)OC(C)(C)[C@@H]1CC=C(C)C[C@@H]21.CCCCCc1cc2c(c(OCC(=O)CCCOCCOCCNC(=O)CCCCC3SCC4NC(=O)NC43)c1)[C@@H]1CC(C)=CC[C@H]1C(C)(C)C2. The maximum absolute atomic E-state index is 12.9. The maximum Gasteiger partial charge on any atom is 0.341 e. The summed E-state index contributed by atoms with van der Waals surface area (Å²) in [5, 5.41) is 18.5. The second-order valence-electron chi connectivity index (χ2n) is 24.4. The van der Waals surface area contributed by atoms with E-state index >= 15 is 0 Å². The van der Waals surface area contributed by atoms with Crippen molar-refractivity contribution in [1.29, 1.82) is 0 Å². The average Bonchev–Trinajstić information content (AvgIpc) is 4.09. The lowest BCUT2D eigenvalue weighted by Gasteiger charge is -2.47. The fourth-order valence-electron chi connectivity index (χ4n) is 13.1. The molecule has 4 N–H and O–H groups in total. The molecular weight excluding hydrogens is 1000 g/mol. The number of allylic oxidation sites excluding steroid dienone is 4. The number of rotatable bonds is 29. The van der Waals surface area contributed by atoms with Crippen LogP contribution in [0.3, 0.4) is 0 Å². The van der Waals surface area contributed by atoms with Crippen molar-refractivity contribution >= 4 is 35.5 Å². The highest BCUT2D eigenvalue weighted by molar-refractivity contribution is 8.00. The molecule has 3 unspecified atom stereocenters. The lowest BCUT2D eigenvalue weighted by atomic mass is 9.57. The number of unbranched alkanes of at least 4 members (excludes halogenated alkanes) is 5. The van der Waals surface area contributed by atoms with Gasteiger partial charge in [0.1, 0.15) is 29.5 Å². The Morgan fingerprint density at radius 3 is 2.08 bits per heavy atom. The van der Waals surface area contributed by atoms with Crippen LogP contribution in [0.15, 0.2) is 47.6 Å². The minimum Gasteiger partial charge on any atom is -0.487 e. The number of nitrogens with one attached hydrogen (secondary N) is 3. The maximum atomic E-state index is 12.9. The third-order valence-electron chi connectivity index (χ3n) is 17.2. The number of thioether (sulfide) groups is 1. The molecule has 14 heteroatoms. The summed E-state index contributed by atoms with van der Waals surface area (Å²) in [6, 6.07) is 9.29. The largest absolute Gasteiger partial charge is 0.487 e. The van der Waals surface area contributed by atoms with Gasteiger partial charge in [-0.25, -0.2) is 9.59 Å². The molecule has 2 saturated heterocycles. The number of hydrogen-bond acceptors (Lipinski definition) is 10. The molecule has 13 nitrogen and oxygen atoms in total. The monoisotopic (exact) mass is 1100 g/mol. The zero-order valence-electron chi connectivity index (χ0n) is 48.6. The van der Waals surface area contributed by atoms with E-state index in [1.807, 2.05) is 17.8 Å². The lowest BCUT2D eigenvalue weighted by Crippen LogP contribution is -2.45. The molecule has 2 aromatic carbocycles. The van der Waals surface area contributed by atoms with E-state index < -0.39 is 5.97 Å². The first kappa shape index (κ1) is 61.1. The number of Topliss-reactive ketones (excluding diaryl/α,β-unsaturated/α-hetero) is 1. The summed E-state index contributed by atoms with van der Waals surface area (Å²) in [6.45, 7) is 20.2. The first-order chi connectivity index (χ1) is 37.5. The van der Waals surface area contributed by atoms with E-state index in [-0.39, 0.29) is 54.0 Å². The number of hydrogen-bond donors (Lipinski definition) is 4. The van der Waals surface area contributed by atoms with E-state index in [9.17, 15) is 19.2 Å². The van der Waals surface area contributed by atoms with Crippen molar-refractivity contribution in [3.63, 3.8) is 0 Å². The van der Waals surface area contributed by atoms with Crippen molar-refractivity contribution in [3.05, 3.63) is 75.4 Å². The third-order valence-corrected chi connectivity index (χ3v) is 18.8. The fraction of sp³-hybridized carbons (Fsp3) is 0.688. The third kappa shape index (κ3) is 17.0. The van der Waals surface area contributed by atoms with E-state index in [4.69, 9.17) is 28.8 Å². The van der Waals surface area contributed by atoms with Gasteiger partial charge in [-0.05, 0) is 157 Å². The minimum absolute atomic E-state index is 0.0465. The van der Waals surface area contributed by atoms with Gasteiger partial charge in [-0.3, -0.25) is 9.59 Å². The number of urea groups is 1. The highest BCUT2D eigenvalue weighted by atomic mass is 32.2. The molecule has 7 atom stereocenters. The molecule has 78 heavy (non-hydrogen) atoms. The van der Waals surface area contributed by atoms with Crippen molar-refractivity contribution in [3.8, 4) is 17.2 Å². The van der Waals surface area contributed by atoms with Crippen molar-refractivity contribution in [2.24, 2.45) is 17.3 Å². The molecule has 6 aliphatic rings. The standard InChI is InChI=1S/C41H63N3O6S.C23H32O4/c1-5-6-7-11-29-23-30-25-41(3,4)33-16-15-28(2)22-32(33)38(30)35(24-29)50-26-31(45)12-10-18-48-20-21-49-19-17-42-37(46)14-9-8-13-36-39-34(27-51-36)43-40(47)44-39;1-5-6-7-8-16-12-19(26-14-21(24)25)22-17-11-15(2)9-10-18(17)23(3,4)27-20(22)13-16/h15,23-24,32-34,36,39H,5-14,16-22,25-27H2,1-4H3,(H,42,46)(H2,43,44,47);9,12-13,17-18H,5-8,10-11,14H2,1-4H3,(H,24,25)/t32-,33-,34?,36?,39?;17-,18-/m11/s1. The Labute approximate surface area is 471 Å². The second-order valence-corrected chi connectivity index (χ2v) is 25.7. The van der Waals surface area contributed by atoms with Gasteiger partial charge in [0.05, 0.1) is 31.9 Å². The van der Waals surface area contributed by atoms with Crippen molar-refractivity contribution in [1.82, 2.24) is 16.0 Å². The normalized spacial score (nSPS) is 23.9. The second kappa shape index (κ2) is 29.3. The molecule has 0 saturated carbocycles. The van der Waals surface area contributed by atoms with Gasteiger partial charge < -0.3 is 44.7 Å². The van der Waals surface area contributed by atoms with Crippen LogP contribution in [0.25, 0.3) is 0 Å². The molecule has 3 heterocycles. The Kier molecular flexibility index (Phi) is 22.9. The molecule has 3 aliphatic carbocycles. The predicted octanol–water partition coefficient (Wildman–Crippen LogP) is 12.5. The molecule has 0 spiro atoms. The number of carbonyl (C=O) groups excluding carboxylic acids is 3. The number of ether oxygens (including phenoxy) is 5. The first-order valence-corrected chi connectivity index (χ1v) is 30.9. The van der Waals surface area contributed by atoms with Crippen molar-refractivity contribution < 1.29 is 48.0 Å². The molecule has 2 aromatic rings. The van der Waals surface area contributed by atoms with Gasteiger partial charge in [-0.2, -0.15) is 11.8 Å². The molecule has 3 amide bonds. The smallest absolute Gasteiger partial charge is 0.341 e. The molecule has 432 valence electrons. The zero-order valence-corrected chi connectivity index (χ0v) is 49.4. The Bertz CT molecular complexity index is 2420. The number of amides is 3. The average molecular weight is 1100 g/mol. The number of fused-ring (bicyclic) bond motifs is 7. The van der Waals surface area contributed by atoms with Crippen LogP contribution < -0.4 is 30.2 Å². The molecule has 0 radical (unpaired) electrons. The molecule has 3 aliphatic heterocycles. The predicted molar refractivity (Wildman–Crippen MR) is 311 cm³/mol. The number of aryl methyl sites for hydroxylation is 2. The van der Waals surface area contributed by atoms with Gasteiger partial charge in [0, 0.05) is 60.0 Å². The van der Waals surface area contributed by atoms with E-state index in [0.717, 1.165) is 93.4 Å². The summed E-state index contributed by atoms with van der Waals surface area (Å²) in [6.07, 6.45) is 23.5. The van der Waals surface area contributed by atoms with Gasteiger partial charge in [-0.1, -0.05) is 89.2 Å². The minimum atomic E-state index is -0.950. The molecule has 2 fully saturated rings. The Balaban J connectivity index is 0.000000274. The molecule has 8 rings (SSSR count). The summed E-state index contributed by atoms with van der Waals surface area (Å²) in [5.74, 6) is 4.38. The summed E-state index contributed by atoms with van der Waals surface area (Å²) in [7, 11) is 0. The van der Waals surface area contributed by atoms with Crippen LogP contribution in [-0.2, 0) is 43.1 Å². The molecular formula is C64H95N3O10S. The van der Waals surface area contributed by atoms with Gasteiger partial charge in [0.15, 0.2) is 12.4 Å². The lowest BCUT2D eigenvalue weighted by molar-refractivity contribution is -0.139. The summed E-state index contributed by atoms with van der Waals surface area (Å²) >= 11 is 1.91. The van der Waals surface area contributed by atoms with Crippen LogP contribution in [0.1, 0.15) is 198 Å². The summed E-state index contributed by atoms with van der Waals surface area (Å²) in [5.41, 5.74) is 9.18. The van der Waals surface area contributed by atoms with Crippen molar-refractivity contribution in [2.75, 3.05) is 51.9 Å². The Hall–Kier alpha value is -4.53. The zero-order chi connectivity index (χ0) is 55.8. The van der Waals surface area contributed by atoms with Crippen molar-refractivity contribution in [2.45, 2.75) is 212 Å². The highest BCUT2D eigenvalue weighted by Crippen LogP contribution is 2.56. The van der Waals surface area contributed by atoms with Gasteiger partial charge in [-0.15, -0.1) is 0 Å². The van der Waals surface area contributed by atoms with E-state index in [2.05, 4.69) is 102 Å². The van der Waals surface area contributed by atoms with E-state index in [1.165, 1.54) is 65.5 Å². The van der Waals surface area contributed by atoms with Gasteiger partial charge in [0.2, 0.25) is 5.91 Å². The topological polar surface area (TPSA) is 171 Å². The number of aliphatic carboxylic acids is 1.